The molecule has 0 aliphatic carbocycles. The normalized spacial score (nSPS) is 12.8. The van der Waals surface area contributed by atoms with Crippen LogP contribution in [-0.2, 0) is 16.0 Å². The van der Waals surface area contributed by atoms with Crippen molar-refractivity contribution in [2.24, 2.45) is 0 Å². The zero-order chi connectivity index (χ0) is 27.3. The zero-order valence-corrected chi connectivity index (χ0v) is 19.9. The number of ether oxygens (including phenoxy) is 1. The van der Waals surface area contributed by atoms with Crippen molar-refractivity contribution in [3.63, 3.8) is 0 Å². The molecular formula is C21H13ClF6N4O4S. The molecule has 196 valence electrons. The first-order chi connectivity index (χ1) is 17.1. The summed E-state index contributed by atoms with van der Waals surface area (Å²) in [5.41, 5.74) is -2.95. The summed E-state index contributed by atoms with van der Waals surface area (Å²) in [5.74, 6) is -1.77. The summed E-state index contributed by atoms with van der Waals surface area (Å²) in [5, 5.41) is 3.88. The Labute approximate surface area is 208 Å². The molecule has 0 N–H and O–H groups in total. The van der Waals surface area contributed by atoms with Crippen molar-refractivity contribution in [2.75, 3.05) is 5.75 Å². The molecule has 0 amide bonds. The maximum absolute atomic E-state index is 13.1. The van der Waals surface area contributed by atoms with Crippen LogP contribution in [-0.4, -0.2) is 39.7 Å². The second kappa shape index (κ2) is 9.06. The van der Waals surface area contributed by atoms with Crippen molar-refractivity contribution in [2.45, 2.75) is 24.4 Å². The molecule has 3 aromatic heterocycles. The van der Waals surface area contributed by atoms with E-state index in [2.05, 4.69) is 14.8 Å². The number of hydrogen-bond acceptors (Lipinski definition) is 6. The molecule has 4 rings (SSSR count). The Morgan fingerprint density at radius 1 is 1.05 bits per heavy atom. The summed E-state index contributed by atoms with van der Waals surface area (Å²) in [6.45, 7) is 1.27. The number of alkyl halides is 6. The molecule has 0 spiro atoms. The first kappa shape index (κ1) is 26.5. The molecule has 0 aliphatic heterocycles. The average molecular weight is 567 g/mol. The molecule has 0 saturated carbocycles. The second-order valence-corrected chi connectivity index (χ2v) is 10.2. The maximum atomic E-state index is 13.1. The molecule has 0 atom stereocenters. The largest absolute Gasteiger partial charge is 0.573 e. The van der Waals surface area contributed by atoms with Gasteiger partial charge in [-0.1, -0.05) is 18.5 Å². The monoisotopic (exact) mass is 566 g/mol. The highest BCUT2D eigenvalue weighted by molar-refractivity contribution is 7.91. The molecular weight excluding hydrogens is 554 g/mol. The van der Waals surface area contributed by atoms with Gasteiger partial charge in [-0.15, -0.1) is 18.3 Å². The smallest absolute Gasteiger partial charge is 0.405 e. The van der Waals surface area contributed by atoms with Gasteiger partial charge in [0.05, 0.1) is 11.3 Å². The zero-order valence-electron chi connectivity index (χ0n) is 18.3. The number of hydrogen-bond donors (Lipinski definition) is 0. The van der Waals surface area contributed by atoms with Crippen LogP contribution in [0.5, 0.6) is 5.75 Å². The van der Waals surface area contributed by atoms with Crippen LogP contribution in [0.1, 0.15) is 12.5 Å². The SMILES string of the molecule is CCS(=O)(=O)c1cc(-c2cc(Cl)ccc2OC(F)(F)F)cnc1-n1nc2ccc(C(F)(F)F)cn2c1=O. The van der Waals surface area contributed by atoms with Crippen LogP contribution in [0.2, 0.25) is 5.02 Å². The van der Waals surface area contributed by atoms with Gasteiger partial charge in [-0.25, -0.2) is 22.6 Å². The molecule has 0 fully saturated rings. The van der Waals surface area contributed by atoms with E-state index in [9.17, 15) is 39.6 Å². The third-order valence-corrected chi connectivity index (χ3v) is 7.04. The van der Waals surface area contributed by atoms with Gasteiger partial charge in [0.25, 0.3) is 0 Å². The van der Waals surface area contributed by atoms with E-state index in [1.165, 1.54) is 6.92 Å². The first-order valence-electron chi connectivity index (χ1n) is 10.1. The fourth-order valence-corrected chi connectivity index (χ4v) is 4.56. The Balaban J connectivity index is 1.96. The highest BCUT2D eigenvalue weighted by Crippen LogP contribution is 2.37. The number of sulfone groups is 1. The van der Waals surface area contributed by atoms with Crippen molar-refractivity contribution in [3.05, 3.63) is 69.9 Å². The van der Waals surface area contributed by atoms with Crippen molar-refractivity contribution in [1.29, 1.82) is 0 Å². The van der Waals surface area contributed by atoms with E-state index in [-0.39, 0.29) is 21.8 Å². The second-order valence-electron chi connectivity index (χ2n) is 7.48. The van der Waals surface area contributed by atoms with Crippen LogP contribution in [0.25, 0.3) is 22.6 Å². The maximum Gasteiger partial charge on any atom is 0.573 e. The van der Waals surface area contributed by atoms with E-state index >= 15 is 0 Å². The van der Waals surface area contributed by atoms with Crippen LogP contribution in [0.15, 0.2) is 58.5 Å². The summed E-state index contributed by atoms with van der Waals surface area (Å²) >= 11 is 5.92. The van der Waals surface area contributed by atoms with Gasteiger partial charge in [0, 0.05) is 28.5 Å². The van der Waals surface area contributed by atoms with Gasteiger partial charge >= 0.3 is 18.2 Å². The lowest BCUT2D eigenvalue weighted by Crippen LogP contribution is -2.23. The molecule has 37 heavy (non-hydrogen) atoms. The lowest BCUT2D eigenvalue weighted by Gasteiger charge is -2.15. The van der Waals surface area contributed by atoms with Gasteiger partial charge in [0.1, 0.15) is 10.6 Å². The van der Waals surface area contributed by atoms with E-state index in [0.717, 1.165) is 36.5 Å². The van der Waals surface area contributed by atoms with Crippen molar-refractivity contribution in [3.8, 4) is 22.7 Å². The molecule has 4 aromatic rings. The summed E-state index contributed by atoms with van der Waals surface area (Å²) in [6.07, 6.45) is -8.39. The number of benzene rings is 1. The van der Waals surface area contributed by atoms with Crippen LogP contribution in [0.3, 0.4) is 0 Å². The van der Waals surface area contributed by atoms with Gasteiger partial charge in [0.2, 0.25) is 0 Å². The number of fused-ring (bicyclic) bond motifs is 1. The predicted molar refractivity (Wildman–Crippen MR) is 118 cm³/mol. The minimum absolute atomic E-state index is 0.00513. The summed E-state index contributed by atoms with van der Waals surface area (Å²) in [6, 6.07) is 5.70. The number of rotatable bonds is 5. The third-order valence-electron chi connectivity index (χ3n) is 5.07. The minimum atomic E-state index is -5.08. The highest BCUT2D eigenvalue weighted by atomic mass is 35.5. The predicted octanol–water partition coefficient (Wildman–Crippen LogP) is 4.91. The highest BCUT2D eigenvalue weighted by Gasteiger charge is 2.33. The van der Waals surface area contributed by atoms with Gasteiger partial charge < -0.3 is 4.74 Å². The van der Waals surface area contributed by atoms with E-state index in [1.54, 1.807) is 0 Å². The fourth-order valence-electron chi connectivity index (χ4n) is 3.35. The summed E-state index contributed by atoms with van der Waals surface area (Å²) < 4.78 is 109. The molecule has 3 heterocycles. The Kier molecular flexibility index (Phi) is 6.48. The summed E-state index contributed by atoms with van der Waals surface area (Å²) in [4.78, 5) is 16.2. The standard InChI is InChI=1S/C21H13ClF6N4O4S/c1-2-37(34,35)16-7-11(14-8-13(22)4-5-15(14)36-21(26,27)28)9-29-18(16)32-19(33)31-10-12(20(23,24)25)3-6-17(31)30-32/h3-10H,2H2,1H3. The Bertz CT molecular complexity index is 1680. The van der Waals surface area contributed by atoms with Gasteiger partial charge in [-0.05, 0) is 36.4 Å². The van der Waals surface area contributed by atoms with E-state index in [4.69, 9.17) is 11.6 Å². The van der Waals surface area contributed by atoms with E-state index in [1.807, 2.05) is 0 Å². The third kappa shape index (κ3) is 5.27. The molecule has 8 nitrogen and oxygen atoms in total. The number of nitrogens with zero attached hydrogens (tertiary/aromatic N) is 4. The lowest BCUT2D eigenvalue weighted by molar-refractivity contribution is -0.274. The Hall–Kier alpha value is -3.59. The van der Waals surface area contributed by atoms with Crippen molar-refractivity contribution < 1.29 is 39.5 Å². The topological polar surface area (TPSA) is 95.6 Å². The van der Waals surface area contributed by atoms with Gasteiger partial charge in [0.15, 0.2) is 21.3 Å². The number of aromatic nitrogens is 4. The van der Waals surface area contributed by atoms with Crippen LogP contribution < -0.4 is 10.4 Å². The average Bonchev–Trinajstić information content (AvgIpc) is 3.14. The number of pyridine rings is 2. The molecule has 16 heteroatoms. The van der Waals surface area contributed by atoms with Gasteiger partial charge in [-0.2, -0.15) is 17.9 Å². The van der Waals surface area contributed by atoms with E-state index in [0.29, 0.717) is 21.3 Å². The molecule has 1 aromatic carbocycles. The lowest BCUT2D eigenvalue weighted by atomic mass is 10.1. The number of halogens is 7. The quantitative estimate of drug-likeness (QED) is 0.319. The Morgan fingerprint density at radius 3 is 2.38 bits per heavy atom. The molecule has 0 unspecified atom stereocenters. The fraction of sp³-hybridized carbons (Fsp3) is 0.190. The molecule has 0 saturated heterocycles. The molecule has 0 radical (unpaired) electrons. The van der Waals surface area contributed by atoms with E-state index < -0.39 is 55.8 Å². The minimum Gasteiger partial charge on any atom is -0.405 e. The van der Waals surface area contributed by atoms with Gasteiger partial charge in [-0.3, -0.25) is 0 Å². The van der Waals surface area contributed by atoms with Crippen molar-refractivity contribution >= 4 is 27.1 Å². The van der Waals surface area contributed by atoms with Crippen LogP contribution in [0.4, 0.5) is 26.3 Å². The van der Waals surface area contributed by atoms with Crippen molar-refractivity contribution in [1.82, 2.24) is 19.2 Å². The molecule has 0 bridgehead atoms. The molecule has 0 aliphatic rings. The first-order valence-corrected chi connectivity index (χ1v) is 12.1. The van der Waals surface area contributed by atoms with Crippen LogP contribution >= 0.6 is 11.6 Å². The Morgan fingerprint density at radius 2 is 1.76 bits per heavy atom. The summed E-state index contributed by atoms with van der Waals surface area (Å²) in [7, 11) is -4.20. The van der Waals surface area contributed by atoms with Crippen LogP contribution in [0, 0.1) is 0 Å².